The molecular formula is C14H19BrF2N2. The van der Waals surface area contributed by atoms with Crippen LogP contribution >= 0.6 is 15.9 Å². The number of nitrogens with one attached hydrogen (secondary N) is 1. The fourth-order valence-electron chi connectivity index (χ4n) is 2.70. The first-order valence-corrected chi connectivity index (χ1v) is 7.30. The minimum absolute atomic E-state index is 0.00650. The Balaban J connectivity index is 2.06. The first kappa shape index (κ1) is 14.9. The maximum atomic E-state index is 13.2. The smallest absolute Gasteiger partial charge is 0.248 e. The molecule has 2 unspecified atom stereocenters. The predicted octanol–water partition coefficient (Wildman–Crippen LogP) is 4.09. The lowest BCUT2D eigenvalue weighted by molar-refractivity contribution is 0.00430. The van der Waals surface area contributed by atoms with E-state index in [2.05, 4.69) is 21.4 Å². The summed E-state index contributed by atoms with van der Waals surface area (Å²) in [5.41, 5.74) is 4.94. The molecule has 106 valence electrons. The summed E-state index contributed by atoms with van der Waals surface area (Å²) >= 11 is 3.49. The second-order valence-corrected chi connectivity index (χ2v) is 6.28. The summed E-state index contributed by atoms with van der Waals surface area (Å²) in [6.07, 6.45) is 1.23. The summed E-state index contributed by atoms with van der Waals surface area (Å²) in [7, 11) is 0. The van der Waals surface area contributed by atoms with Crippen LogP contribution in [0.3, 0.4) is 0 Å². The van der Waals surface area contributed by atoms with Crippen LogP contribution in [0, 0.1) is 12.8 Å². The van der Waals surface area contributed by atoms with Gasteiger partial charge in [-0.1, -0.05) is 28.1 Å². The fraction of sp³-hybridized carbons (Fsp3) is 0.571. The highest BCUT2D eigenvalue weighted by molar-refractivity contribution is 9.10. The van der Waals surface area contributed by atoms with Crippen molar-refractivity contribution in [3.8, 4) is 0 Å². The minimum atomic E-state index is -2.49. The van der Waals surface area contributed by atoms with Gasteiger partial charge in [-0.3, -0.25) is 11.3 Å². The van der Waals surface area contributed by atoms with Gasteiger partial charge in [-0.25, -0.2) is 8.78 Å². The number of nitrogens with two attached hydrogens (primary N) is 1. The molecule has 0 aromatic heterocycles. The average Bonchev–Trinajstić information content (AvgIpc) is 2.69. The van der Waals surface area contributed by atoms with Crippen molar-refractivity contribution in [1.82, 2.24) is 5.43 Å². The number of alkyl halides is 2. The van der Waals surface area contributed by atoms with Gasteiger partial charge in [-0.2, -0.15) is 0 Å². The number of halogens is 3. The number of hydrogen-bond donors (Lipinski definition) is 2. The molecular weight excluding hydrogens is 314 g/mol. The SMILES string of the molecule is Cc1ccc(C(CC2CCC(F)(F)C2)NN)cc1Br. The van der Waals surface area contributed by atoms with Crippen LogP contribution in [-0.2, 0) is 0 Å². The molecule has 3 N–H and O–H groups in total. The zero-order valence-corrected chi connectivity index (χ0v) is 12.5. The van der Waals surface area contributed by atoms with Crippen molar-refractivity contribution in [2.24, 2.45) is 11.8 Å². The molecule has 1 aromatic carbocycles. The van der Waals surface area contributed by atoms with Crippen LogP contribution < -0.4 is 11.3 Å². The van der Waals surface area contributed by atoms with E-state index in [-0.39, 0.29) is 24.8 Å². The van der Waals surface area contributed by atoms with Gasteiger partial charge in [0.15, 0.2) is 0 Å². The number of aryl methyl sites for hydroxylation is 1. The third-order valence-electron chi connectivity index (χ3n) is 3.87. The molecule has 1 aliphatic carbocycles. The largest absolute Gasteiger partial charge is 0.271 e. The van der Waals surface area contributed by atoms with Gasteiger partial charge in [-0.05, 0) is 42.9 Å². The lowest BCUT2D eigenvalue weighted by Crippen LogP contribution is -2.29. The van der Waals surface area contributed by atoms with Gasteiger partial charge in [0.25, 0.3) is 0 Å². The molecule has 1 aliphatic rings. The van der Waals surface area contributed by atoms with E-state index < -0.39 is 5.92 Å². The second-order valence-electron chi connectivity index (χ2n) is 5.43. The Kier molecular flexibility index (Phi) is 4.58. The summed E-state index contributed by atoms with van der Waals surface area (Å²) in [5, 5.41) is 0. The number of rotatable bonds is 4. The van der Waals surface area contributed by atoms with E-state index in [9.17, 15) is 8.78 Å². The van der Waals surface area contributed by atoms with Crippen molar-refractivity contribution >= 4 is 15.9 Å². The van der Waals surface area contributed by atoms with Gasteiger partial charge in [0.05, 0.1) is 0 Å². The Bertz CT molecular complexity index is 451. The predicted molar refractivity (Wildman–Crippen MR) is 75.8 cm³/mol. The van der Waals surface area contributed by atoms with Crippen LogP contribution in [0.5, 0.6) is 0 Å². The van der Waals surface area contributed by atoms with E-state index in [1.165, 1.54) is 0 Å². The highest BCUT2D eigenvalue weighted by Crippen LogP contribution is 2.42. The fourth-order valence-corrected chi connectivity index (χ4v) is 3.10. The number of benzene rings is 1. The monoisotopic (exact) mass is 332 g/mol. The molecule has 5 heteroatoms. The lowest BCUT2D eigenvalue weighted by Gasteiger charge is -2.21. The van der Waals surface area contributed by atoms with Gasteiger partial charge in [0, 0.05) is 23.4 Å². The molecule has 0 amide bonds. The van der Waals surface area contributed by atoms with Gasteiger partial charge in [0.1, 0.15) is 0 Å². The number of hydrogen-bond acceptors (Lipinski definition) is 2. The summed E-state index contributed by atoms with van der Waals surface area (Å²) in [6, 6.07) is 5.94. The maximum Gasteiger partial charge on any atom is 0.248 e. The molecule has 2 nitrogen and oxygen atoms in total. The van der Waals surface area contributed by atoms with Crippen molar-refractivity contribution in [1.29, 1.82) is 0 Å². The first-order valence-electron chi connectivity index (χ1n) is 6.51. The van der Waals surface area contributed by atoms with E-state index >= 15 is 0 Å². The maximum absolute atomic E-state index is 13.2. The zero-order valence-electron chi connectivity index (χ0n) is 10.9. The van der Waals surface area contributed by atoms with E-state index in [1.54, 1.807) is 0 Å². The lowest BCUT2D eigenvalue weighted by atomic mass is 9.93. The molecule has 2 atom stereocenters. The van der Waals surface area contributed by atoms with E-state index in [0.717, 1.165) is 15.6 Å². The van der Waals surface area contributed by atoms with Crippen LogP contribution in [-0.4, -0.2) is 5.92 Å². The first-order chi connectivity index (χ1) is 8.91. The van der Waals surface area contributed by atoms with E-state index in [4.69, 9.17) is 5.84 Å². The molecule has 0 radical (unpaired) electrons. The molecule has 0 heterocycles. The number of hydrazine groups is 1. The molecule has 0 bridgehead atoms. The Labute approximate surface area is 120 Å². The van der Waals surface area contributed by atoms with Crippen molar-refractivity contribution in [3.63, 3.8) is 0 Å². The second kappa shape index (κ2) is 5.85. The van der Waals surface area contributed by atoms with Gasteiger partial charge in [-0.15, -0.1) is 0 Å². The third kappa shape index (κ3) is 3.74. The molecule has 2 rings (SSSR count). The topological polar surface area (TPSA) is 38.0 Å². The van der Waals surface area contributed by atoms with E-state index in [1.807, 2.05) is 25.1 Å². The molecule has 1 aromatic rings. The van der Waals surface area contributed by atoms with Crippen molar-refractivity contribution < 1.29 is 8.78 Å². The molecule has 0 spiro atoms. The molecule has 1 fully saturated rings. The Hall–Kier alpha value is -0.520. The quantitative estimate of drug-likeness (QED) is 0.643. The summed E-state index contributed by atoms with van der Waals surface area (Å²) in [5.74, 6) is 3.14. The Morgan fingerprint density at radius 3 is 2.79 bits per heavy atom. The van der Waals surface area contributed by atoms with Gasteiger partial charge in [0.2, 0.25) is 5.92 Å². The average molecular weight is 333 g/mol. The standard InChI is InChI=1S/C14H19BrF2N2/c1-9-2-3-11(7-12(9)15)13(19-18)6-10-4-5-14(16,17)8-10/h2-3,7,10,13,19H,4-6,8,18H2,1H3. The Morgan fingerprint density at radius 2 is 2.26 bits per heavy atom. The molecule has 19 heavy (non-hydrogen) atoms. The van der Waals surface area contributed by atoms with E-state index in [0.29, 0.717) is 12.8 Å². The highest BCUT2D eigenvalue weighted by atomic mass is 79.9. The third-order valence-corrected chi connectivity index (χ3v) is 4.73. The van der Waals surface area contributed by atoms with Crippen molar-refractivity contribution in [3.05, 3.63) is 33.8 Å². The molecule has 0 aliphatic heterocycles. The summed E-state index contributed by atoms with van der Waals surface area (Å²) in [6.45, 7) is 2.01. The van der Waals surface area contributed by atoms with Crippen LogP contribution in [0.25, 0.3) is 0 Å². The molecule has 1 saturated carbocycles. The van der Waals surface area contributed by atoms with Crippen molar-refractivity contribution in [2.45, 2.75) is 44.6 Å². The summed E-state index contributed by atoms with van der Waals surface area (Å²) in [4.78, 5) is 0. The normalized spacial score (nSPS) is 23.5. The van der Waals surface area contributed by atoms with Crippen LogP contribution in [0.4, 0.5) is 8.78 Å². The van der Waals surface area contributed by atoms with Crippen LogP contribution in [0.1, 0.15) is 42.9 Å². The van der Waals surface area contributed by atoms with Gasteiger partial charge < -0.3 is 0 Å². The van der Waals surface area contributed by atoms with Crippen LogP contribution in [0.15, 0.2) is 22.7 Å². The zero-order chi connectivity index (χ0) is 14.0. The minimum Gasteiger partial charge on any atom is -0.271 e. The Morgan fingerprint density at radius 1 is 1.53 bits per heavy atom. The highest BCUT2D eigenvalue weighted by Gasteiger charge is 2.40. The molecule has 0 saturated heterocycles. The van der Waals surface area contributed by atoms with Crippen LogP contribution in [0.2, 0.25) is 0 Å². The van der Waals surface area contributed by atoms with Crippen molar-refractivity contribution in [2.75, 3.05) is 0 Å². The summed E-state index contributed by atoms with van der Waals surface area (Å²) < 4.78 is 27.4. The van der Waals surface area contributed by atoms with Gasteiger partial charge >= 0.3 is 0 Å².